The maximum Gasteiger partial charge on any atom is 0.167 e. The average molecular weight is 431 g/mol. The summed E-state index contributed by atoms with van der Waals surface area (Å²) in [6, 6.07) is 7.95. The van der Waals surface area contributed by atoms with Crippen molar-refractivity contribution in [3.05, 3.63) is 36.9 Å². The Balaban J connectivity index is 1.35. The highest BCUT2D eigenvalue weighted by Gasteiger charge is 2.44. The molecule has 3 N–H and O–H groups in total. The van der Waals surface area contributed by atoms with Crippen LogP contribution in [0.3, 0.4) is 0 Å². The smallest absolute Gasteiger partial charge is 0.167 e. The van der Waals surface area contributed by atoms with Crippen LogP contribution in [0.2, 0.25) is 0 Å². The monoisotopic (exact) mass is 430 g/mol. The molecule has 150 valence electrons. The number of imidazole rings is 1. The van der Waals surface area contributed by atoms with Gasteiger partial charge in [0.05, 0.1) is 22.6 Å². The van der Waals surface area contributed by atoms with Crippen LogP contribution in [-0.2, 0) is 4.74 Å². The number of rotatable bonds is 5. The molecular formula is C18H18N6O3S2. The Morgan fingerprint density at radius 1 is 1.21 bits per heavy atom. The summed E-state index contributed by atoms with van der Waals surface area (Å²) in [6.07, 6.45) is -0.481. The lowest BCUT2D eigenvalue weighted by Gasteiger charge is -2.16. The quantitative estimate of drug-likeness (QED) is 0.408. The SMILES string of the molecule is CNc1ncnc2c1ncn2[C@@H]1O[C@H](CSc2nc3ccccc3s2)[C@@H](O)[C@H]1O. The van der Waals surface area contributed by atoms with E-state index in [1.54, 1.807) is 29.3 Å². The van der Waals surface area contributed by atoms with Crippen LogP contribution in [-0.4, -0.2) is 65.8 Å². The van der Waals surface area contributed by atoms with Crippen molar-refractivity contribution in [1.29, 1.82) is 0 Å². The molecule has 0 aliphatic carbocycles. The lowest BCUT2D eigenvalue weighted by molar-refractivity contribution is -0.0289. The highest BCUT2D eigenvalue weighted by molar-refractivity contribution is 8.01. The van der Waals surface area contributed by atoms with Crippen LogP contribution < -0.4 is 5.32 Å². The third-order valence-electron chi connectivity index (χ3n) is 4.85. The molecule has 3 aromatic heterocycles. The summed E-state index contributed by atoms with van der Waals surface area (Å²) in [5.41, 5.74) is 2.06. The fourth-order valence-electron chi connectivity index (χ4n) is 3.38. The van der Waals surface area contributed by atoms with Crippen LogP contribution in [0.25, 0.3) is 21.4 Å². The van der Waals surface area contributed by atoms with E-state index in [-0.39, 0.29) is 0 Å². The molecule has 4 heterocycles. The van der Waals surface area contributed by atoms with Gasteiger partial charge in [-0.05, 0) is 12.1 Å². The number of aromatic nitrogens is 5. The lowest BCUT2D eigenvalue weighted by atomic mass is 10.1. The van der Waals surface area contributed by atoms with Crippen LogP contribution in [0, 0.1) is 0 Å². The number of thioether (sulfide) groups is 1. The van der Waals surface area contributed by atoms with Crippen LogP contribution in [0.1, 0.15) is 6.23 Å². The van der Waals surface area contributed by atoms with Gasteiger partial charge in [-0.25, -0.2) is 19.9 Å². The zero-order valence-corrected chi connectivity index (χ0v) is 17.0. The van der Waals surface area contributed by atoms with Crippen molar-refractivity contribution in [2.24, 2.45) is 0 Å². The molecule has 0 saturated carbocycles. The number of para-hydroxylation sites is 1. The second kappa shape index (κ2) is 7.50. The molecule has 4 atom stereocenters. The fourth-order valence-corrected chi connectivity index (χ4v) is 5.54. The van der Waals surface area contributed by atoms with E-state index < -0.39 is 24.5 Å². The van der Waals surface area contributed by atoms with Gasteiger partial charge >= 0.3 is 0 Å². The molecule has 0 amide bonds. The van der Waals surface area contributed by atoms with Gasteiger partial charge in [-0.2, -0.15) is 0 Å². The molecular weight excluding hydrogens is 412 g/mol. The molecule has 0 radical (unpaired) electrons. The van der Waals surface area contributed by atoms with Crippen LogP contribution in [0.15, 0.2) is 41.3 Å². The maximum absolute atomic E-state index is 10.6. The molecule has 1 saturated heterocycles. The predicted molar refractivity (Wildman–Crippen MR) is 111 cm³/mol. The molecule has 29 heavy (non-hydrogen) atoms. The predicted octanol–water partition coefficient (Wildman–Crippen LogP) is 1.89. The number of ether oxygens (including phenoxy) is 1. The molecule has 9 nitrogen and oxygen atoms in total. The van der Waals surface area contributed by atoms with E-state index in [4.69, 9.17) is 4.74 Å². The number of nitrogens with zero attached hydrogens (tertiary/aromatic N) is 5. The van der Waals surface area contributed by atoms with E-state index in [1.807, 2.05) is 24.3 Å². The van der Waals surface area contributed by atoms with Gasteiger partial charge in [-0.15, -0.1) is 11.3 Å². The summed E-state index contributed by atoms with van der Waals surface area (Å²) in [6.45, 7) is 0. The third kappa shape index (κ3) is 3.24. The minimum Gasteiger partial charge on any atom is -0.387 e. The van der Waals surface area contributed by atoms with Gasteiger partial charge < -0.3 is 20.3 Å². The Bertz CT molecular complexity index is 1130. The lowest BCUT2D eigenvalue weighted by Crippen LogP contribution is -2.32. The summed E-state index contributed by atoms with van der Waals surface area (Å²) in [7, 11) is 1.75. The summed E-state index contributed by atoms with van der Waals surface area (Å²) >= 11 is 3.11. The standard InChI is InChI=1S/C18H18N6O3S2/c1-19-15-12-16(21-7-20-15)24(8-22-12)17-14(26)13(25)10(27-17)6-28-18-23-9-4-2-3-5-11(9)29-18/h2-5,7-8,10,13-14,17,25-26H,6H2,1H3,(H,19,20,21)/t10-,13-,14-,17-/m1/s1. The van der Waals surface area contributed by atoms with Crippen molar-refractivity contribution < 1.29 is 14.9 Å². The number of aliphatic hydroxyl groups is 2. The van der Waals surface area contributed by atoms with Crippen molar-refractivity contribution in [2.75, 3.05) is 18.1 Å². The van der Waals surface area contributed by atoms with E-state index in [2.05, 4.69) is 25.3 Å². The number of benzene rings is 1. The van der Waals surface area contributed by atoms with E-state index >= 15 is 0 Å². The molecule has 1 fully saturated rings. The van der Waals surface area contributed by atoms with Crippen LogP contribution in [0.5, 0.6) is 0 Å². The Morgan fingerprint density at radius 2 is 2.07 bits per heavy atom. The second-order valence-corrected chi connectivity index (χ2v) is 8.90. The maximum atomic E-state index is 10.6. The first-order valence-electron chi connectivity index (χ1n) is 9.01. The van der Waals surface area contributed by atoms with E-state index in [0.717, 1.165) is 14.6 Å². The summed E-state index contributed by atoms with van der Waals surface area (Å²) in [4.78, 5) is 17.3. The van der Waals surface area contributed by atoms with Gasteiger partial charge in [0.15, 0.2) is 22.0 Å². The molecule has 11 heteroatoms. The topological polar surface area (TPSA) is 118 Å². The van der Waals surface area contributed by atoms with Crippen molar-refractivity contribution >= 4 is 50.3 Å². The van der Waals surface area contributed by atoms with Crippen molar-refractivity contribution in [3.63, 3.8) is 0 Å². The fraction of sp³-hybridized carbons (Fsp3) is 0.333. The minimum absolute atomic E-state index is 0.470. The first-order chi connectivity index (χ1) is 14.2. The molecule has 0 spiro atoms. The highest BCUT2D eigenvalue weighted by atomic mass is 32.2. The second-order valence-electron chi connectivity index (χ2n) is 6.60. The van der Waals surface area contributed by atoms with Gasteiger partial charge in [-0.3, -0.25) is 4.57 Å². The van der Waals surface area contributed by atoms with E-state index in [9.17, 15) is 10.2 Å². The van der Waals surface area contributed by atoms with Crippen molar-refractivity contribution in [3.8, 4) is 0 Å². The number of hydrogen-bond acceptors (Lipinski definition) is 10. The number of hydrogen-bond donors (Lipinski definition) is 3. The largest absolute Gasteiger partial charge is 0.387 e. The van der Waals surface area contributed by atoms with Crippen molar-refractivity contribution in [2.45, 2.75) is 28.9 Å². The summed E-state index contributed by atoms with van der Waals surface area (Å²) in [5, 5.41) is 24.1. The third-order valence-corrected chi connectivity index (χ3v) is 7.12. The first kappa shape index (κ1) is 18.7. The zero-order valence-electron chi connectivity index (χ0n) is 15.3. The Kier molecular flexibility index (Phi) is 4.84. The molecule has 5 rings (SSSR count). The Morgan fingerprint density at radius 3 is 2.90 bits per heavy atom. The molecule has 4 aromatic rings. The van der Waals surface area contributed by atoms with Gasteiger partial charge in [0.2, 0.25) is 0 Å². The number of thiazole rings is 1. The summed E-state index contributed by atoms with van der Waals surface area (Å²) in [5.74, 6) is 1.06. The van der Waals surface area contributed by atoms with Gasteiger partial charge in [0, 0.05) is 12.8 Å². The molecule has 0 unspecified atom stereocenters. The number of aliphatic hydroxyl groups excluding tert-OH is 2. The van der Waals surface area contributed by atoms with Gasteiger partial charge in [-0.1, -0.05) is 23.9 Å². The number of fused-ring (bicyclic) bond motifs is 2. The number of nitrogens with one attached hydrogen (secondary N) is 1. The zero-order chi connectivity index (χ0) is 20.0. The normalized spacial score (nSPS) is 24.5. The first-order valence-corrected chi connectivity index (χ1v) is 10.8. The molecule has 1 aromatic carbocycles. The summed E-state index contributed by atoms with van der Waals surface area (Å²) < 4.78 is 9.66. The Labute approximate surface area is 173 Å². The molecule has 1 aliphatic rings. The van der Waals surface area contributed by atoms with Gasteiger partial charge in [0.1, 0.15) is 24.1 Å². The average Bonchev–Trinajstić information content (AvgIpc) is 3.43. The minimum atomic E-state index is -1.10. The Hall–Kier alpha value is -2.31. The molecule has 0 bridgehead atoms. The van der Waals surface area contributed by atoms with Crippen LogP contribution >= 0.6 is 23.1 Å². The van der Waals surface area contributed by atoms with Crippen molar-refractivity contribution in [1.82, 2.24) is 24.5 Å². The van der Waals surface area contributed by atoms with Gasteiger partial charge in [0.25, 0.3) is 0 Å². The molecule has 1 aliphatic heterocycles. The van der Waals surface area contributed by atoms with E-state index in [0.29, 0.717) is 22.7 Å². The van der Waals surface area contributed by atoms with E-state index in [1.165, 1.54) is 18.1 Å². The highest BCUT2D eigenvalue weighted by Crippen LogP contribution is 2.36. The van der Waals surface area contributed by atoms with Crippen LogP contribution in [0.4, 0.5) is 5.82 Å². The number of anilines is 1.